The first-order valence-corrected chi connectivity index (χ1v) is 12.6. The lowest BCUT2D eigenvalue weighted by Gasteiger charge is -2.47. The van der Waals surface area contributed by atoms with Crippen molar-refractivity contribution < 1.29 is 0 Å². The van der Waals surface area contributed by atoms with E-state index >= 15 is 0 Å². The molecule has 3 aromatic rings. The Bertz CT molecular complexity index is 1060. The van der Waals surface area contributed by atoms with Gasteiger partial charge in [-0.1, -0.05) is 72.8 Å². The Hall–Kier alpha value is -3.71. The van der Waals surface area contributed by atoms with Crippen LogP contribution in [0.5, 0.6) is 0 Å². The van der Waals surface area contributed by atoms with E-state index in [2.05, 4.69) is 123 Å². The second kappa shape index (κ2) is 11.8. The van der Waals surface area contributed by atoms with Crippen LogP contribution in [0, 0.1) is 0 Å². The number of hydrogen-bond acceptors (Lipinski definition) is 7. The van der Waals surface area contributed by atoms with E-state index in [-0.39, 0.29) is 5.54 Å². The molecule has 7 heteroatoms. The van der Waals surface area contributed by atoms with E-state index < -0.39 is 0 Å². The fourth-order valence-electron chi connectivity index (χ4n) is 4.91. The van der Waals surface area contributed by atoms with Crippen LogP contribution in [-0.4, -0.2) is 59.1 Å². The summed E-state index contributed by atoms with van der Waals surface area (Å²) in [6.45, 7) is 12.8. The third-order valence-corrected chi connectivity index (χ3v) is 7.10. The highest BCUT2D eigenvalue weighted by molar-refractivity contribution is 5.45. The molecule has 188 valence electrons. The van der Waals surface area contributed by atoms with Gasteiger partial charge in [0.15, 0.2) is 0 Å². The summed E-state index contributed by atoms with van der Waals surface area (Å²) in [6.07, 6.45) is 5.61. The maximum absolute atomic E-state index is 4.68. The second-order valence-corrected chi connectivity index (χ2v) is 9.26. The monoisotopic (exact) mass is 483 g/mol. The summed E-state index contributed by atoms with van der Waals surface area (Å²) in [6, 6.07) is 22.0. The van der Waals surface area contributed by atoms with Gasteiger partial charge in [0.25, 0.3) is 0 Å². The molecule has 0 saturated carbocycles. The number of benzene rings is 2. The number of anilines is 3. The van der Waals surface area contributed by atoms with Gasteiger partial charge in [-0.3, -0.25) is 4.90 Å². The van der Waals surface area contributed by atoms with Crippen LogP contribution in [0.1, 0.15) is 30.9 Å². The largest absolute Gasteiger partial charge is 0.351 e. The summed E-state index contributed by atoms with van der Waals surface area (Å²) in [5.41, 5.74) is 2.37. The van der Waals surface area contributed by atoms with Gasteiger partial charge in [-0.25, -0.2) is 0 Å². The van der Waals surface area contributed by atoms with Gasteiger partial charge in [0, 0.05) is 32.2 Å². The van der Waals surface area contributed by atoms with Gasteiger partial charge >= 0.3 is 0 Å². The molecule has 4 rings (SSSR count). The van der Waals surface area contributed by atoms with Crippen molar-refractivity contribution in [2.75, 3.05) is 48.8 Å². The molecule has 1 aliphatic heterocycles. The smallest absolute Gasteiger partial charge is 0.231 e. The fourth-order valence-corrected chi connectivity index (χ4v) is 4.91. The van der Waals surface area contributed by atoms with Crippen molar-refractivity contribution in [3.05, 3.63) is 97.1 Å². The van der Waals surface area contributed by atoms with Crippen molar-refractivity contribution in [1.82, 2.24) is 19.9 Å². The van der Waals surface area contributed by atoms with Crippen LogP contribution in [0.2, 0.25) is 0 Å². The Morgan fingerprint density at radius 1 is 0.861 bits per heavy atom. The predicted octanol–water partition coefficient (Wildman–Crippen LogP) is 4.93. The molecule has 1 aliphatic rings. The Balaban J connectivity index is 1.53. The zero-order valence-corrected chi connectivity index (χ0v) is 21.4. The molecular weight excluding hydrogens is 446 g/mol. The van der Waals surface area contributed by atoms with E-state index in [1.165, 1.54) is 11.1 Å². The maximum Gasteiger partial charge on any atom is 0.231 e. The molecule has 0 spiro atoms. The third kappa shape index (κ3) is 5.57. The molecule has 0 unspecified atom stereocenters. The molecule has 2 N–H and O–H groups in total. The van der Waals surface area contributed by atoms with Gasteiger partial charge < -0.3 is 15.5 Å². The van der Waals surface area contributed by atoms with Crippen molar-refractivity contribution in [3.63, 3.8) is 0 Å². The Kier molecular flexibility index (Phi) is 8.33. The Morgan fingerprint density at radius 3 is 1.78 bits per heavy atom. The van der Waals surface area contributed by atoms with Crippen LogP contribution in [0.15, 0.2) is 86.0 Å². The van der Waals surface area contributed by atoms with E-state index in [4.69, 9.17) is 0 Å². The number of aromatic nitrogens is 3. The lowest BCUT2D eigenvalue weighted by molar-refractivity contribution is 0.0999. The zero-order valence-electron chi connectivity index (χ0n) is 21.4. The van der Waals surface area contributed by atoms with Gasteiger partial charge in [0.1, 0.15) is 0 Å². The molecule has 2 heterocycles. The number of rotatable bonds is 11. The zero-order chi connectivity index (χ0) is 25.4. The number of piperidine rings is 1. The highest BCUT2D eigenvalue weighted by Gasteiger charge is 2.38. The molecule has 0 amide bonds. The van der Waals surface area contributed by atoms with E-state index in [1.54, 1.807) is 12.2 Å². The quantitative estimate of drug-likeness (QED) is 0.375. The average Bonchev–Trinajstić information content (AvgIpc) is 2.95. The first-order valence-electron chi connectivity index (χ1n) is 12.6. The van der Waals surface area contributed by atoms with E-state index in [0.29, 0.717) is 37.0 Å². The van der Waals surface area contributed by atoms with Gasteiger partial charge in [-0.15, -0.1) is 13.2 Å². The van der Waals surface area contributed by atoms with Crippen molar-refractivity contribution >= 4 is 17.8 Å². The summed E-state index contributed by atoms with van der Waals surface area (Å²) < 4.78 is 0. The molecule has 1 fully saturated rings. The minimum Gasteiger partial charge on any atom is -0.351 e. The minimum absolute atomic E-state index is 0.230. The first kappa shape index (κ1) is 25.4. The van der Waals surface area contributed by atoms with Crippen molar-refractivity contribution in [2.45, 2.75) is 31.3 Å². The van der Waals surface area contributed by atoms with Gasteiger partial charge in [0.05, 0.1) is 5.54 Å². The molecule has 1 aromatic heterocycles. The van der Waals surface area contributed by atoms with E-state index in [0.717, 1.165) is 25.9 Å². The summed E-state index contributed by atoms with van der Waals surface area (Å²) in [5, 5.41) is 6.39. The van der Waals surface area contributed by atoms with E-state index in [9.17, 15) is 0 Å². The summed E-state index contributed by atoms with van der Waals surface area (Å²) in [5.74, 6) is 1.79. The number of hydrogen-bond donors (Lipinski definition) is 2. The van der Waals surface area contributed by atoms with Crippen LogP contribution in [0.4, 0.5) is 17.8 Å². The predicted molar refractivity (Wildman–Crippen MR) is 150 cm³/mol. The van der Waals surface area contributed by atoms with Crippen LogP contribution in [0.3, 0.4) is 0 Å². The van der Waals surface area contributed by atoms with Gasteiger partial charge in [-0.05, 0) is 37.9 Å². The molecule has 7 nitrogen and oxygen atoms in total. The lowest BCUT2D eigenvalue weighted by Crippen LogP contribution is -2.52. The number of nitrogens with one attached hydrogen (secondary N) is 2. The topological polar surface area (TPSA) is 69.2 Å². The fraction of sp³-hybridized carbons (Fsp3) is 0.345. The van der Waals surface area contributed by atoms with Crippen LogP contribution in [-0.2, 0) is 5.54 Å². The highest BCUT2D eigenvalue weighted by atomic mass is 15.3. The molecule has 0 radical (unpaired) electrons. The molecule has 0 atom stereocenters. The average molecular weight is 484 g/mol. The third-order valence-electron chi connectivity index (χ3n) is 7.10. The minimum atomic E-state index is -0.230. The van der Waals surface area contributed by atoms with Crippen LogP contribution >= 0.6 is 0 Å². The molecule has 2 aromatic carbocycles. The van der Waals surface area contributed by atoms with Gasteiger partial charge in [-0.2, -0.15) is 15.0 Å². The first-order chi connectivity index (χ1) is 17.6. The Labute approximate surface area is 215 Å². The van der Waals surface area contributed by atoms with Crippen molar-refractivity contribution in [1.29, 1.82) is 0 Å². The maximum atomic E-state index is 4.68. The second-order valence-electron chi connectivity index (χ2n) is 9.26. The molecule has 1 saturated heterocycles. The SMILES string of the molecule is C=CCNc1nc(NCC=C)nc(N2CCC(N(C)C(C)(c3ccccc3)c3ccccc3)CC2)n1. The molecule has 0 bridgehead atoms. The van der Waals surface area contributed by atoms with Crippen LogP contribution in [0.25, 0.3) is 0 Å². The summed E-state index contributed by atoms with van der Waals surface area (Å²) in [7, 11) is 2.26. The van der Waals surface area contributed by atoms with Crippen molar-refractivity contribution in [2.24, 2.45) is 0 Å². The standard InChI is InChI=1S/C29H37N7/c1-5-19-30-26-32-27(31-20-6-2)34-28(33-26)36-21-17-25(18-22-36)35(4)29(3,23-13-9-7-10-14-23)24-15-11-8-12-16-24/h5-16,25H,1-2,17-22H2,3-4H3,(H2,30,31,32,33,34). The molecule has 0 aliphatic carbocycles. The highest BCUT2D eigenvalue weighted by Crippen LogP contribution is 2.38. The van der Waals surface area contributed by atoms with Crippen LogP contribution < -0.4 is 15.5 Å². The summed E-state index contributed by atoms with van der Waals surface area (Å²) >= 11 is 0. The summed E-state index contributed by atoms with van der Waals surface area (Å²) in [4.78, 5) is 18.6. The van der Waals surface area contributed by atoms with Gasteiger partial charge in [0.2, 0.25) is 17.8 Å². The molecule has 36 heavy (non-hydrogen) atoms. The normalized spacial score (nSPS) is 14.5. The van der Waals surface area contributed by atoms with E-state index in [1.807, 2.05) is 0 Å². The molecular formula is C29H37N7. The Morgan fingerprint density at radius 2 is 1.33 bits per heavy atom. The number of nitrogens with zero attached hydrogens (tertiary/aromatic N) is 5. The lowest BCUT2D eigenvalue weighted by atomic mass is 9.81. The van der Waals surface area contributed by atoms with Crippen molar-refractivity contribution in [3.8, 4) is 0 Å².